The maximum atomic E-state index is 12.6. The second-order valence-corrected chi connectivity index (χ2v) is 7.34. The van der Waals surface area contributed by atoms with E-state index < -0.39 is 0 Å². The monoisotopic (exact) mass is 339 g/mol. The van der Waals surface area contributed by atoms with Crippen molar-refractivity contribution in [3.05, 3.63) is 53.0 Å². The van der Waals surface area contributed by atoms with Gasteiger partial charge >= 0.3 is 0 Å². The van der Waals surface area contributed by atoms with Crippen molar-refractivity contribution < 1.29 is 13.9 Å². The minimum absolute atomic E-state index is 0.00432. The van der Waals surface area contributed by atoms with Crippen molar-refractivity contribution in [3.8, 4) is 5.75 Å². The van der Waals surface area contributed by atoms with E-state index in [2.05, 4.69) is 19.1 Å². The highest BCUT2D eigenvalue weighted by Crippen LogP contribution is 2.26. The molecule has 25 heavy (non-hydrogen) atoms. The van der Waals surface area contributed by atoms with Gasteiger partial charge in [-0.15, -0.1) is 0 Å². The molecule has 132 valence electrons. The average Bonchev–Trinajstić information content (AvgIpc) is 3.28. The highest BCUT2D eigenvalue weighted by atomic mass is 16.5. The van der Waals surface area contributed by atoms with Crippen molar-refractivity contribution >= 4 is 5.91 Å². The Hall–Kier alpha value is -2.23. The Morgan fingerprint density at radius 2 is 2.08 bits per heavy atom. The van der Waals surface area contributed by atoms with Gasteiger partial charge in [-0.3, -0.25) is 4.79 Å². The van der Waals surface area contributed by atoms with E-state index in [0.29, 0.717) is 24.0 Å². The van der Waals surface area contributed by atoms with Crippen LogP contribution in [0.5, 0.6) is 5.75 Å². The summed E-state index contributed by atoms with van der Waals surface area (Å²) in [5, 5.41) is 0. The van der Waals surface area contributed by atoms with Crippen LogP contribution in [0.1, 0.15) is 53.6 Å². The molecule has 2 heterocycles. The molecule has 1 aliphatic heterocycles. The van der Waals surface area contributed by atoms with Crippen LogP contribution in [0.15, 0.2) is 34.7 Å². The van der Waals surface area contributed by atoms with E-state index >= 15 is 0 Å². The number of ether oxygens (including phenoxy) is 1. The number of aryl methyl sites for hydroxylation is 2. The van der Waals surface area contributed by atoms with Crippen LogP contribution in [0.4, 0.5) is 0 Å². The van der Waals surface area contributed by atoms with E-state index in [9.17, 15) is 4.79 Å². The molecule has 0 saturated carbocycles. The Kier molecular flexibility index (Phi) is 4.51. The van der Waals surface area contributed by atoms with Crippen LogP contribution in [0.25, 0.3) is 0 Å². The molecule has 2 aliphatic rings. The zero-order chi connectivity index (χ0) is 17.2. The van der Waals surface area contributed by atoms with Gasteiger partial charge in [-0.2, -0.15) is 0 Å². The minimum atomic E-state index is -0.00432. The Balaban J connectivity index is 1.37. The quantitative estimate of drug-likeness (QED) is 0.837. The van der Waals surface area contributed by atoms with Crippen LogP contribution in [0, 0.1) is 5.92 Å². The molecule has 4 heteroatoms. The molecule has 1 fully saturated rings. The molecule has 0 spiro atoms. The lowest BCUT2D eigenvalue weighted by atomic mass is 10.0. The molecule has 0 radical (unpaired) electrons. The van der Waals surface area contributed by atoms with Gasteiger partial charge in [0.15, 0.2) is 5.76 Å². The molecule has 1 atom stereocenters. The van der Waals surface area contributed by atoms with Crippen molar-refractivity contribution in [3.63, 3.8) is 0 Å². The highest BCUT2D eigenvalue weighted by molar-refractivity contribution is 5.91. The molecular formula is C21H25NO3. The molecule has 0 unspecified atom stereocenters. The van der Waals surface area contributed by atoms with Gasteiger partial charge in [0.25, 0.3) is 5.91 Å². The molecule has 4 nitrogen and oxygen atoms in total. The predicted molar refractivity (Wildman–Crippen MR) is 95.8 cm³/mol. The first kappa shape index (κ1) is 16.2. The zero-order valence-corrected chi connectivity index (χ0v) is 14.8. The number of hydrogen-bond acceptors (Lipinski definition) is 3. The number of carbonyl (C=O) groups excluding carboxylic acids is 1. The molecule has 1 aliphatic carbocycles. The van der Waals surface area contributed by atoms with Gasteiger partial charge < -0.3 is 14.1 Å². The molecule has 1 aromatic heterocycles. The smallest absolute Gasteiger partial charge is 0.289 e. The number of benzene rings is 1. The maximum absolute atomic E-state index is 12.6. The average molecular weight is 339 g/mol. The van der Waals surface area contributed by atoms with Crippen LogP contribution < -0.4 is 4.74 Å². The predicted octanol–water partition coefficient (Wildman–Crippen LogP) is 4.22. The summed E-state index contributed by atoms with van der Waals surface area (Å²) in [5.41, 5.74) is 2.83. The van der Waals surface area contributed by atoms with E-state index in [-0.39, 0.29) is 5.91 Å². The molecule has 1 saturated heterocycles. The molecule has 1 aromatic carbocycles. The number of fused-ring (bicyclic) bond motifs is 1. The summed E-state index contributed by atoms with van der Waals surface area (Å²) in [6.07, 6.45) is 5.82. The number of carbonyl (C=O) groups is 1. The number of rotatable bonds is 4. The molecule has 4 rings (SSSR count). The van der Waals surface area contributed by atoms with Crippen molar-refractivity contribution in [1.82, 2.24) is 4.90 Å². The summed E-state index contributed by atoms with van der Waals surface area (Å²) in [6.45, 7) is 4.19. The second-order valence-electron chi connectivity index (χ2n) is 7.34. The fourth-order valence-electron chi connectivity index (χ4n) is 3.89. The van der Waals surface area contributed by atoms with Crippen LogP contribution in [0.3, 0.4) is 0 Å². The van der Waals surface area contributed by atoms with Crippen molar-refractivity contribution in [2.75, 3.05) is 13.1 Å². The molecular weight excluding hydrogens is 314 g/mol. The van der Waals surface area contributed by atoms with Crippen LogP contribution >= 0.6 is 0 Å². The lowest BCUT2D eigenvalue weighted by Gasteiger charge is -2.30. The van der Waals surface area contributed by atoms with Crippen LogP contribution in [-0.2, 0) is 19.4 Å². The standard InChI is InChI=1S/C21H25NO3/c1-15-4-3-11-22(13-15)21(23)20-10-9-19(25-20)14-24-18-8-7-16-5-2-6-17(16)12-18/h7-10,12,15H,2-6,11,13-14H2,1H3/t15-/m0/s1. The van der Waals surface area contributed by atoms with Gasteiger partial charge in [0, 0.05) is 13.1 Å². The van der Waals surface area contributed by atoms with E-state index in [1.54, 1.807) is 6.07 Å². The van der Waals surface area contributed by atoms with Crippen molar-refractivity contribution in [2.45, 2.75) is 45.6 Å². The third kappa shape index (κ3) is 3.58. The lowest BCUT2D eigenvalue weighted by Crippen LogP contribution is -2.38. The lowest BCUT2D eigenvalue weighted by molar-refractivity contribution is 0.0647. The number of amides is 1. The van der Waals surface area contributed by atoms with E-state index in [0.717, 1.165) is 31.7 Å². The van der Waals surface area contributed by atoms with Crippen molar-refractivity contribution in [1.29, 1.82) is 0 Å². The summed E-state index contributed by atoms with van der Waals surface area (Å²) < 4.78 is 11.6. The number of nitrogens with zero attached hydrogens (tertiary/aromatic N) is 1. The van der Waals surface area contributed by atoms with Gasteiger partial charge in [-0.05, 0) is 73.4 Å². The normalized spacial score (nSPS) is 19.7. The summed E-state index contributed by atoms with van der Waals surface area (Å²) >= 11 is 0. The third-order valence-corrected chi connectivity index (χ3v) is 5.27. The first-order valence-corrected chi connectivity index (χ1v) is 9.31. The van der Waals surface area contributed by atoms with Crippen molar-refractivity contribution in [2.24, 2.45) is 5.92 Å². The first-order valence-electron chi connectivity index (χ1n) is 9.31. The van der Waals surface area contributed by atoms with E-state index in [4.69, 9.17) is 9.15 Å². The Bertz CT molecular complexity index is 764. The van der Waals surface area contributed by atoms with Crippen LogP contribution in [0.2, 0.25) is 0 Å². The number of hydrogen-bond donors (Lipinski definition) is 0. The summed E-state index contributed by atoms with van der Waals surface area (Å²) in [4.78, 5) is 14.5. The minimum Gasteiger partial charge on any atom is -0.486 e. The molecule has 0 N–H and O–H groups in total. The van der Waals surface area contributed by atoms with Gasteiger partial charge in [0.1, 0.15) is 18.1 Å². The maximum Gasteiger partial charge on any atom is 0.289 e. The summed E-state index contributed by atoms with van der Waals surface area (Å²) in [5.74, 6) is 2.54. The number of furan rings is 1. The topological polar surface area (TPSA) is 42.7 Å². The molecule has 0 bridgehead atoms. The third-order valence-electron chi connectivity index (χ3n) is 5.27. The zero-order valence-electron chi connectivity index (χ0n) is 14.8. The summed E-state index contributed by atoms with van der Waals surface area (Å²) in [7, 11) is 0. The van der Waals surface area contributed by atoms with Gasteiger partial charge in [0.2, 0.25) is 0 Å². The fourth-order valence-corrected chi connectivity index (χ4v) is 3.89. The Morgan fingerprint density at radius 1 is 1.20 bits per heavy atom. The molecule has 1 amide bonds. The van der Waals surface area contributed by atoms with Gasteiger partial charge in [-0.25, -0.2) is 0 Å². The highest BCUT2D eigenvalue weighted by Gasteiger charge is 2.24. The van der Waals surface area contributed by atoms with Gasteiger partial charge in [0.05, 0.1) is 0 Å². The van der Waals surface area contributed by atoms with E-state index in [1.807, 2.05) is 17.0 Å². The fraction of sp³-hybridized carbons (Fsp3) is 0.476. The van der Waals surface area contributed by atoms with Crippen LogP contribution in [-0.4, -0.2) is 23.9 Å². The number of likely N-dealkylation sites (tertiary alicyclic amines) is 1. The summed E-state index contributed by atoms with van der Waals surface area (Å²) in [6, 6.07) is 9.92. The Labute approximate surface area is 148 Å². The molecule has 2 aromatic rings. The SMILES string of the molecule is C[C@H]1CCCN(C(=O)c2ccc(COc3ccc4c(c3)CCC4)o2)C1. The van der Waals surface area contributed by atoms with E-state index in [1.165, 1.54) is 30.4 Å². The largest absolute Gasteiger partial charge is 0.486 e. The second kappa shape index (κ2) is 6.95. The first-order chi connectivity index (χ1) is 12.2. The van der Waals surface area contributed by atoms with Gasteiger partial charge in [-0.1, -0.05) is 13.0 Å². The Morgan fingerprint density at radius 3 is 2.96 bits per heavy atom. The number of piperidine rings is 1.